The van der Waals surface area contributed by atoms with Gasteiger partial charge >= 0.3 is 160 Å². The molecule has 26 heavy (non-hydrogen) atoms. The molecule has 0 spiro atoms. The van der Waals surface area contributed by atoms with Crippen LogP contribution in [0.4, 0.5) is 0 Å². The van der Waals surface area contributed by atoms with Crippen molar-refractivity contribution in [3.05, 3.63) is 40.0 Å². The minimum absolute atomic E-state index is 0.0837. The van der Waals surface area contributed by atoms with E-state index in [0.717, 1.165) is 34.2 Å². The molecule has 0 aliphatic rings. The number of carbonyl (C=O) groups is 1. The van der Waals surface area contributed by atoms with Crippen LogP contribution in [0.15, 0.2) is 24.3 Å². The van der Waals surface area contributed by atoms with E-state index >= 15 is 0 Å². The van der Waals surface area contributed by atoms with Gasteiger partial charge in [0, 0.05) is 0 Å². The van der Waals surface area contributed by atoms with E-state index in [4.69, 9.17) is 9.47 Å². The average Bonchev–Trinajstić information content (AvgIpc) is 3.06. The summed E-state index contributed by atoms with van der Waals surface area (Å²) >= 11 is -0.184. The van der Waals surface area contributed by atoms with Gasteiger partial charge in [-0.1, -0.05) is 0 Å². The van der Waals surface area contributed by atoms with Crippen LogP contribution in [0.5, 0.6) is 0 Å². The van der Waals surface area contributed by atoms with Crippen molar-refractivity contribution >= 4 is 20.5 Å². The maximum atomic E-state index is 11.9. The number of rotatable bonds is 8. The first kappa shape index (κ1) is 20.4. The predicted molar refractivity (Wildman–Crippen MR) is 101 cm³/mol. The van der Waals surface area contributed by atoms with Gasteiger partial charge in [-0.3, -0.25) is 0 Å². The number of esters is 1. The van der Waals surface area contributed by atoms with E-state index in [1.807, 2.05) is 45.0 Å². The Bertz CT molecular complexity index is 795. The monoisotopic (exact) mass is 420 g/mol. The summed E-state index contributed by atoms with van der Waals surface area (Å²) in [5.41, 5.74) is 2.76. The van der Waals surface area contributed by atoms with Crippen LogP contribution in [0.25, 0.3) is 10.1 Å². The fourth-order valence-electron chi connectivity index (χ4n) is 2.80. The van der Waals surface area contributed by atoms with Gasteiger partial charge in [0.1, 0.15) is 0 Å². The van der Waals surface area contributed by atoms with Gasteiger partial charge in [0.15, 0.2) is 0 Å². The molecule has 6 heteroatoms. The van der Waals surface area contributed by atoms with E-state index in [0.29, 0.717) is 11.0 Å². The van der Waals surface area contributed by atoms with Crippen molar-refractivity contribution in [2.24, 2.45) is 5.92 Å². The zero-order chi connectivity index (χ0) is 19.1. The fraction of sp³-hybridized carbons (Fsp3) is 0.450. The predicted octanol–water partition coefficient (Wildman–Crippen LogP) is 3.75. The van der Waals surface area contributed by atoms with E-state index in [2.05, 4.69) is 11.1 Å². The Balaban J connectivity index is 2.26. The average molecular weight is 419 g/mol. The van der Waals surface area contributed by atoms with Crippen LogP contribution in [0.3, 0.4) is 0 Å². The number of hydrogen-bond donors (Lipinski definition) is 0. The molecule has 0 N–H and O–H groups in total. The van der Waals surface area contributed by atoms with Crippen LogP contribution in [0.2, 0.25) is 0 Å². The third kappa shape index (κ3) is 4.62. The molecule has 2 unspecified atom stereocenters. The second kappa shape index (κ2) is 9.68. The van der Waals surface area contributed by atoms with E-state index < -0.39 is 0 Å². The maximum absolute atomic E-state index is 11.9. The molecule has 0 bridgehead atoms. The van der Waals surface area contributed by atoms with Gasteiger partial charge in [-0.05, 0) is 0 Å². The van der Waals surface area contributed by atoms with Gasteiger partial charge in [-0.2, -0.15) is 0 Å². The van der Waals surface area contributed by atoms with Crippen LogP contribution >= 0.6 is 0 Å². The van der Waals surface area contributed by atoms with Crippen LogP contribution in [0, 0.1) is 24.2 Å². The van der Waals surface area contributed by atoms with Crippen LogP contribution in [-0.2, 0) is 16.1 Å². The summed E-state index contributed by atoms with van der Waals surface area (Å²) in [6, 6.07) is 10.3. The summed E-state index contributed by atoms with van der Waals surface area (Å²) in [7, 11) is 1.39. The molecule has 0 saturated heterocycles. The first-order chi connectivity index (χ1) is 12.5. The summed E-state index contributed by atoms with van der Waals surface area (Å²) in [6.45, 7) is 6.31. The molecule has 5 nitrogen and oxygen atoms in total. The number of methoxy groups -OCH3 is 1. The van der Waals surface area contributed by atoms with Crippen LogP contribution < -0.4 is 0 Å². The molecule has 2 atom stereocenters. The molecule has 0 aliphatic heterocycles. The number of nitrogens with zero attached hydrogens (tertiary/aromatic N) is 2. The second-order valence-electron chi connectivity index (χ2n) is 5.98. The van der Waals surface area contributed by atoms with Gasteiger partial charge in [-0.25, -0.2) is 0 Å². The Morgan fingerprint density at radius 2 is 2.04 bits per heavy atom. The quantitative estimate of drug-likeness (QED) is 0.482. The molecule has 0 aliphatic carbocycles. The molecule has 1 aromatic carbocycles. The summed E-state index contributed by atoms with van der Waals surface area (Å²) in [6.07, 6.45) is 1.49. The van der Waals surface area contributed by atoms with Gasteiger partial charge in [-0.15, -0.1) is 0 Å². The third-order valence-electron chi connectivity index (χ3n) is 4.32. The number of aryl methyl sites for hydroxylation is 1. The van der Waals surface area contributed by atoms with E-state index in [-0.39, 0.29) is 32.5 Å². The zero-order valence-corrected chi connectivity index (χ0v) is 17.3. The van der Waals surface area contributed by atoms with Gasteiger partial charge in [0.2, 0.25) is 0 Å². The second-order valence-corrected chi connectivity index (χ2v) is 8.08. The Morgan fingerprint density at radius 1 is 1.31 bits per heavy atom. The molecule has 1 heterocycles. The Labute approximate surface area is 160 Å². The van der Waals surface area contributed by atoms with Crippen molar-refractivity contribution in [1.29, 1.82) is 5.26 Å². The standard InChI is InChI=1S/C20H24N2O3Se/c1-5-14(11-21)17(6-2)25-12-15-9-7-8-10-16(15)19-22-13(3)18(26-19)20(23)24-4/h7-10,14,17H,5-6,12H2,1-4H3. The normalized spacial score (nSPS) is 13.0. The number of hydrogen-bond acceptors (Lipinski definition) is 5. The minimum atomic E-state index is -0.305. The summed E-state index contributed by atoms with van der Waals surface area (Å²) in [5.74, 6) is -0.407. The van der Waals surface area contributed by atoms with Gasteiger partial charge in [0.25, 0.3) is 0 Å². The number of aromatic nitrogens is 1. The van der Waals surface area contributed by atoms with E-state index in [1.165, 1.54) is 7.11 Å². The zero-order valence-electron chi connectivity index (χ0n) is 15.6. The van der Waals surface area contributed by atoms with Crippen LogP contribution in [-0.4, -0.2) is 38.7 Å². The first-order valence-corrected chi connectivity index (χ1v) is 10.4. The molecule has 138 valence electrons. The molecular formula is C20H24N2O3Se. The summed E-state index contributed by atoms with van der Waals surface area (Å²) < 4.78 is 12.5. The van der Waals surface area contributed by atoms with Crippen molar-refractivity contribution in [2.45, 2.75) is 46.3 Å². The number of benzene rings is 1. The van der Waals surface area contributed by atoms with Gasteiger partial charge < -0.3 is 0 Å². The van der Waals surface area contributed by atoms with Crippen molar-refractivity contribution in [1.82, 2.24) is 4.98 Å². The molecule has 0 saturated carbocycles. The molecule has 0 fully saturated rings. The molecule has 2 rings (SSSR count). The number of nitriles is 1. The molecular weight excluding hydrogens is 395 g/mol. The van der Waals surface area contributed by atoms with E-state index in [1.54, 1.807) is 0 Å². The summed E-state index contributed by atoms with van der Waals surface area (Å²) in [5, 5.41) is 9.29. The Morgan fingerprint density at radius 3 is 2.65 bits per heavy atom. The fourth-order valence-corrected chi connectivity index (χ4v) is 4.99. The van der Waals surface area contributed by atoms with Gasteiger partial charge in [0.05, 0.1) is 0 Å². The van der Waals surface area contributed by atoms with E-state index in [9.17, 15) is 10.1 Å². The topological polar surface area (TPSA) is 72.2 Å². The number of carbonyl (C=O) groups excluding carboxylic acids is 1. The third-order valence-corrected chi connectivity index (χ3v) is 6.78. The number of ether oxygens (including phenoxy) is 2. The molecule has 2 aromatic rings. The van der Waals surface area contributed by atoms with Crippen molar-refractivity contribution in [2.75, 3.05) is 7.11 Å². The molecule has 0 radical (unpaired) electrons. The molecule has 0 amide bonds. The SMILES string of the molecule is CCC(C#N)C(CC)OCc1ccccc1-c1nc(C)c(C(=O)OC)[se]1. The van der Waals surface area contributed by atoms with Crippen molar-refractivity contribution in [3.8, 4) is 16.2 Å². The molecule has 1 aromatic heterocycles. The van der Waals surface area contributed by atoms with Crippen molar-refractivity contribution < 1.29 is 14.3 Å². The van der Waals surface area contributed by atoms with Crippen LogP contribution in [0.1, 0.15) is 47.2 Å². The Hall–Kier alpha value is -1.93. The first-order valence-electron chi connectivity index (χ1n) is 8.70. The van der Waals surface area contributed by atoms with Crippen molar-refractivity contribution in [3.63, 3.8) is 0 Å². The Kier molecular flexibility index (Phi) is 7.59. The summed E-state index contributed by atoms with van der Waals surface area (Å²) in [4.78, 5) is 16.5.